The number of anilines is 2. The number of hydrogen-bond donors (Lipinski definition) is 3. The van der Waals surface area contributed by atoms with E-state index in [1.165, 1.54) is 6.07 Å². The summed E-state index contributed by atoms with van der Waals surface area (Å²) in [7, 11) is 0. The second-order valence-corrected chi connectivity index (χ2v) is 4.59. The Morgan fingerprint density at radius 1 is 1.58 bits per heavy atom. The van der Waals surface area contributed by atoms with Gasteiger partial charge in [0.2, 0.25) is 0 Å². The maximum absolute atomic E-state index is 10.7. The standard InChI is InChI=1S/C12H18N4O3/c1-2-19-11-6-9(14)12(11)15-7-3-4-10(16(17)18)8(13)5-7/h3-5,9,11-12,15H,2,6,13-14H2,1H3. The molecular formula is C12H18N4O3. The number of nitrogens with one attached hydrogen (secondary N) is 1. The summed E-state index contributed by atoms with van der Waals surface area (Å²) in [6, 6.07) is 4.60. The van der Waals surface area contributed by atoms with Gasteiger partial charge in [-0.15, -0.1) is 0 Å². The van der Waals surface area contributed by atoms with Crippen molar-refractivity contribution in [1.29, 1.82) is 0 Å². The molecule has 0 spiro atoms. The molecular weight excluding hydrogens is 248 g/mol. The number of rotatable bonds is 5. The summed E-state index contributed by atoms with van der Waals surface area (Å²) in [5, 5.41) is 13.9. The average molecular weight is 266 g/mol. The summed E-state index contributed by atoms with van der Waals surface area (Å²) in [5.41, 5.74) is 12.3. The van der Waals surface area contributed by atoms with Crippen molar-refractivity contribution in [2.45, 2.75) is 31.5 Å². The monoisotopic (exact) mass is 266 g/mol. The summed E-state index contributed by atoms with van der Waals surface area (Å²) < 4.78 is 5.54. The topological polar surface area (TPSA) is 116 Å². The van der Waals surface area contributed by atoms with Crippen LogP contribution in [0.3, 0.4) is 0 Å². The molecule has 19 heavy (non-hydrogen) atoms. The second-order valence-electron chi connectivity index (χ2n) is 4.59. The van der Waals surface area contributed by atoms with Crippen LogP contribution < -0.4 is 16.8 Å². The van der Waals surface area contributed by atoms with Crippen LogP contribution in [0, 0.1) is 10.1 Å². The molecule has 1 aliphatic carbocycles. The summed E-state index contributed by atoms with van der Waals surface area (Å²) in [6.45, 7) is 2.57. The molecule has 3 atom stereocenters. The molecule has 1 aromatic rings. The van der Waals surface area contributed by atoms with Gasteiger partial charge >= 0.3 is 0 Å². The van der Waals surface area contributed by atoms with Gasteiger partial charge in [-0.05, 0) is 25.5 Å². The second kappa shape index (κ2) is 5.41. The van der Waals surface area contributed by atoms with E-state index in [1.54, 1.807) is 12.1 Å². The maximum Gasteiger partial charge on any atom is 0.292 e. The number of nitro groups is 1. The zero-order valence-corrected chi connectivity index (χ0v) is 10.7. The number of hydrogen-bond acceptors (Lipinski definition) is 6. The molecule has 7 nitrogen and oxygen atoms in total. The zero-order valence-electron chi connectivity index (χ0n) is 10.7. The first-order chi connectivity index (χ1) is 9.02. The molecule has 0 aliphatic heterocycles. The third kappa shape index (κ3) is 2.77. The molecule has 1 aliphatic rings. The number of nitrogens with zero attached hydrogens (tertiary/aromatic N) is 1. The Balaban J connectivity index is 2.07. The Kier molecular flexibility index (Phi) is 3.87. The van der Waals surface area contributed by atoms with Crippen molar-refractivity contribution in [2.75, 3.05) is 17.7 Å². The predicted molar refractivity (Wildman–Crippen MR) is 72.9 cm³/mol. The highest BCUT2D eigenvalue weighted by atomic mass is 16.6. The van der Waals surface area contributed by atoms with Gasteiger partial charge in [-0.1, -0.05) is 0 Å². The lowest BCUT2D eigenvalue weighted by Crippen LogP contribution is -2.60. The number of benzene rings is 1. The third-order valence-electron chi connectivity index (χ3n) is 3.30. The van der Waals surface area contributed by atoms with Gasteiger partial charge in [-0.25, -0.2) is 0 Å². The van der Waals surface area contributed by atoms with Crippen LogP contribution in [0.15, 0.2) is 18.2 Å². The lowest BCUT2D eigenvalue weighted by Gasteiger charge is -2.43. The summed E-state index contributed by atoms with van der Waals surface area (Å²) >= 11 is 0. The largest absolute Gasteiger partial charge is 0.393 e. The number of nitrogen functional groups attached to an aromatic ring is 1. The van der Waals surface area contributed by atoms with Gasteiger partial charge < -0.3 is 21.5 Å². The lowest BCUT2D eigenvalue weighted by atomic mass is 9.83. The molecule has 2 rings (SSSR count). The fourth-order valence-electron chi connectivity index (χ4n) is 2.23. The molecule has 3 unspecified atom stereocenters. The SMILES string of the molecule is CCOC1CC(N)C1Nc1ccc([N+](=O)[O-])c(N)c1. The Labute approximate surface area is 111 Å². The van der Waals surface area contributed by atoms with E-state index in [1.807, 2.05) is 6.92 Å². The average Bonchev–Trinajstić information content (AvgIpc) is 2.35. The van der Waals surface area contributed by atoms with Gasteiger partial charge in [0, 0.05) is 24.4 Å². The Bertz CT molecular complexity index is 478. The first-order valence-electron chi connectivity index (χ1n) is 6.20. The molecule has 1 saturated carbocycles. The first kappa shape index (κ1) is 13.6. The van der Waals surface area contributed by atoms with Crippen LogP contribution in [0.2, 0.25) is 0 Å². The van der Waals surface area contributed by atoms with Gasteiger partial charge in [0.05, 0.1) is 17.1 Å². The quantitative estimate of drug-likeness (QED) is 0.417. The maximum atomic E-state index is 10.7. The Hall–Kier alpha value is -1.86. The van der Waals surface area contributed by atoms with Crippen LogP contribution in [0.4, 0.5) is 17.1 Å². The summed E-state index contributed by atoms with van der Waals surface area (Å²) in [6.07, 6.45) is 0.893. The fraction of sp³-hybridized carbons (Fsp3) is 0.500. The minimum Gasteiger partial charge on any atom is -0.393 e. The minimum atomic E-state index is -0.503. The van der Waals surface area contributed by atoms with Crippen LogP contribution in [0.25, 0.3) is 0 Å². The van der Waals surface area contributed by atoms with Crippen molar-refractivity contribution < 1.29 is 9.66 Å². The van der Waals surface area contributed by atoms with Crippen molar-refractivity contribution in [3.63, 3.8) is 0 Å². The van der Waals surface area contributed by atoms with E-state index in [4.69, 9.17) is 16.2 Å². The molecule has 0 bridgehead atoms. The molecule has 0 amide bonds. The van der Waals surface area contributed by atoms with E-state index < -0.39 is 4.92 Å². The zero-order chi connectivity index (χ0) is 14.0. The van der Waals surface area contributed by atoms with Crippen LogP contribution in [0.1, 0.15) is 13.3 Å². The van der Waals surface area contributed by atoms with Gasteiger partial charge in [0.25, 0.3) is 5.69 Å². The molecule has 0 heterocycles. The first-order valence-corrected chi connectivity index (χ1v) is 6.20. The predicted octanol–water partition coefficient (Wildman–Crippen LogP) is 1.09. The van der Waals surface area contributed by atoms with Gasteiger partial charge in [-0.3, -0.25) is 10.1 Å². The molecule has 104 valence electrons. The fourth-order valence-corrected chi connectivity index (χ4v) is 2.23. The number of ether oxygens (including phenoxy) is 1. The molecule has 0 aromatic heterocycles. The van der Waals surface area contributed by atoms with Crippen LogP contribution in [0.5, 0.6) is 0 Å². The summed E-state index contributed by atoms with van der Waals surface area (Å²) in [4.78, 5) is 10.2. The highest BCUT2D eigenvalue weighted by molar-refractivity contribution is 5.66. The normalized spacial score (nSPS) is 25.7. The number of nitro benzene ring substituents is 1. The van der Waals surface area contributed by atoms with E-state index in [9.17, 15) is 10.1 Å². The molecule has 1 aromatic carbocycles. The van der Waals surface area contributed by atoms with Crippen LogP contribution >= 0.6 is 0 Å². The smallest absolute Gasteiger partial charge is 0.292 e. The van der Waals surface area contributed by atoms with E-state index in [2.05, 4.69) is 5.32 Å². The highest BCUT2D eigenvalue weighted by Gasteiger charge is 2.39. The van der Waals surface area contributed by atoms with E-state index >= 15 is 0 Å². The molecule has 7 heteroatoms. The van der Waals surface area contributed by atoms with Gasteiger partial charge in [0.1, 0.15) is 5.69 Å². The Morgan fingerprint density at radius 2 is 2.32 bits per heavy atom. The molecule has 1 fully saturated rings. The molecule has 0 radical (unpaired) electrons. The van der Waals surface area contributed by atoms with E-state index in [0.29, 0.717) is 12.3 Å². The third-order valence-corrected chi connectivity index (χ3v) is 3.30. The molecule has 5 N–H and O–H groups in total. The van der Waals surface area contributed by atoms with Crippen molar-refractivity contribution in [2.24, 2.45) is 5.73 Å². The van der Waals surface area contributed by atoms with E-state index in [0.717, 1.165) is 6.42 Å². The summed E-state index contributed by atoms with van der Waals surface area (Å²) in [5.74, 6) is 0. The lowest BCUT2D eigenvalue weighted by molar-refractivity contribution is -0.383. The van der Waals surface area contributed by atoms with Crippen LogP contribution in [-0.4, -0.2) is 29.7 Å². The Morgan fingerprint density at radius 3 is 2.84 bits per heavy atom. The highest BCUT2D eigenvalue weighted by Crippen LogP contribution is 2.29. The van der Waals surface area contributed by atoms with Gasteiger partial charge in [-0.2, -0.15) is 0 Å². The van der Waals surface area contributed by atoms with Crippen molar-refractivity contribution in [3.05, 3.63) is 28.3 Å². The number of nitrogens with two attached hydrogens (primary N) is 2. The van der Waals surface area contributed by atoms with Crippen molar-refractivity contribution in [1.82, 2.24) is 0 Å². The van der Waals surface area contributed by atoms with E-state index in [-0.39, 0.29) is 29.6 Å². The minimum absolute atomic E-state index is 0.0146. The van der Waals surface area contributed by atoms with Gasteiger partial charge in [0.15, 0.2) is 0 Å². The molecule has 0 saturated heterocycles. The van der Waals surface area contributed by atoms with Crippen LogP contribution in [-0.2, 0) is 4.74 Å². The van der Waals surface area contributed by atoms with Crippen molar-refractivity contribution >= 4 is 17.1 Å². The van der Waals surface area contributed by atoms with Crippen molar-refractivity contribution in [3.8, 4) is 0 Å².